The monoisotopic (exact) mass is 451 g/mol. The molecule has 174 valence electrons. The van der Waals surface area contributed by atoms with E-state index in [1.807, 2.05) is 39.0 Å². The predicted octanol–water partition coefficient (Wildman–Crippen LogP) is 3.27. The molecule has 1 aromatic carbocycles. The van der Waals surface area contributed by atoms with E-state index in [1.54, 1.807) is 24.1 Å². The van der Waals surface area contributed by atoms with Crippen molar-refractivity contribution in [2.24, 2.45) is 0 Å². The molecule has 1 aliphatic heterocycles. The average molecular weight is 452 g/mol. The first kappa shape index (κ1) is 22.9. The summed E-state index contributed by atoms with van der Waals surface area (Å²) in [6.45, 7) is 7.43. The van der Waals surface area contributed by atoms with Crippen LogP contribution in [0.2, 0.25) is 0 Å². The summed E-state index contributed by atoms with van der Waals surface area (Å²) >= 11 is 0. The first-order chi connectivity index (χ1) is 15.9. The molecule has 1 amide bonds. The van der Waals surface area contributed by atoms with Crippen molar-refractivity contribution in [3.8, 4) is 5.88 Å². The van der Waals surface area contributed by atoms with Crippen LogP contribution < -0.4 is 10.5 Å². The predicted molar refractivity (Wildman–Crippen MR) is 124 cm³/mol. The van der Waals surface area contributed by atoms with Crippen LogP contribution in [0, 0.1) is 0 Å². The van der Waals surface area contributed by atoms with Crippen molar-refractivity contribution in [3.63, 3.8) is 0 Å². The van der Waals surface area contributed by atoms with Gasteiger partial charge >= 0.3 is 0 Å². The summed E-state index contributed by atoms with van der Waals surface area (Å²) in [6.07, 6.45) is -0.118. The first-order valence-corrected chi connectivity index (χ1v) is 11.0. The molecule has 2 atom stereocenters. The Bertz CT molecular complexity index is 1150. The van der Waals surface area contributed by atoms with Crippen molar-refractivity contribution in [2.45, 2.75) is 46.1 Å². The van der Waals surface area contributed by atoms with Crippen LogP contribution in [0.1, 0.15) is 54.1 Å². The quantitative estimate of drug-likeness (QED) is 0.555. The number of methoxy groups -OCH3 is 1. The highest BCUT2D eigenvalue weighted by molar-refractivity contribution is 5.99. The van der Waals surface area contributed by atoms with Crippen LogP contribution in [0.15, 0.2) is 30.3 Å². The van der Waals surface area contributed by atoms with Crippen LogP contribution >= 0.6 is 0 Å². The van der Waals surface area contributed by atoms with Crippen LogP contribution in [0.3, 0.4) is 0 Å². The van der Waals surface area contributed by atoms with Crippen molar-refractivity contribution in [2.75, 3.05) is 26.1 Å². The molecule has 0 fully saturated rings. The number of carbonyl (C=O) groups is 1. The summed E-state index contributed by atoms with van der Waals surface area (Å²) in [5, 5.41) is 9.18. The lowest BCUT2D eigenvalue weighted by Gasteiger charge is -2.28. The first-order valence-electron chi connectivity index (χ1n) is 11.0. The van der Waals surface area contributed by atoms with Crippen molar-refractivity contribution >= 4 is 22.6 Å². The third-order valence-electron chi connectivity index (χ3n) is 5.82. The van der Waals surface area contributed by atoms with E-state index >= 15 is 0 Å². The fourth-order valence-electron chi connectivity index (χ4n) is 4.15. The fraction of sp³-hybridized carbons (Fsp3) is 0.417. The standard InChI is InChI=1S/C24H29N5O4/c1-5-32-21-9-7-17(27-28-21)11-29(14(2)12-31-4)24(30)16-6-8-20-18(10-16)19-13-33-15(3)22(19)23(25)26-20/h6-10,14-15H,5,11-13H2,1-4H3,(H2,25,26)/t14-,15-/m1/s1. The van der Waals surface area contributed by atoms with Crippen LogP contribution in [0.4, 0.5) is 5.82 Å². The fourth-order valence-corrected chi connectivity index (χ4v) is 4.15. The van der Waals surface area contributed by atoms with E-state index in [0.29, 0.717) is 49.3 Å². The number of hydrogen-bond acceptors (Lipinski definition) is 8. The molecule has 0 radical (unpaired) electrons. The second-order valence-corrected chi connectivity index (χ2v) is 8.11. The van der Waals surface area contributed by atoms with Crippen molar-refractivity contribution < 1.29 is 19.0 Å². The Hall–Kier alpha value is -3.30. The molecule has 9 nitrogen and oxygen atoms in total. The summed E-state index contributed by atoms with van der Waals surface area (Å²) in [5.41, 5.74) is 10.0. The van der Waals surface area contributed by atoms with Gasteiger partial charge in [0.05, 0.1) is 49.7 Å². The minimum atomic E-state index is -0.176. The number of anilines is 1. The van der Waals surface area contributed by atoms with Gasteiger partial charge in [-0.2, -0.15) is 5.10 Å². The van der Waals surface area contributed by atoms with Crippen LogP contribution in [0.5, 0.6) is 5.88 Å². The van der Waals surface area contributed by atoms with Crippen LogP contribution in [-0.2, 0) is 22.6 Å². The Morgan fingerprint density at radius 2 is 2.12 bits per heavy atom. The number of fused-ring (bicyclic) bond motifs is 3. The van der Waals surface area contributed by atoms with E-state index in [2.05, 4.69) is 15.2 Å². The molecule has 9 heteroatoms. The van der Waals surface area contributed by atoms with Gasteiger partial charge in [0.2, 0.25) is 5.88 Å². The van der Waals surface area contributed by atoms with Crippen LogP contribution in [-0.4, -0.2) is 52.4 Å². The molecule has 1 aliphatic rings. The zero-order valence-corrected chi connectivity index (χ0v) is 19.4. The topological polar surface area (TPSA) is 113 Å². The number of nitrogens with two attached hydrogens (primary N) is 1. The van der Waals surface area contributed by atoms with Gasteiger partial charge in [-0.25, -0.2) is 4.98 Å². The molecule has 0 saturated heterocycles. The Balaban J connectivity index is 1.67. The second-order valence-electron chi connectivity index (χ2n) is 8.11. The molecule has 2 N–H and O–H groups in total. The molecular weight excluding hydrogens is 422 g/mol. The number of pyridine rings is 1. The molecule has 0 aliphatic carbocycles. The number of nitrogen functional groups attached to an aromatic ring is 1. The minimum Gasteiger partial charge on any atom is -0.477 e. The SMILES string of the molecule is CCOc1ccc(CN(C(=O)c2ccc3nc(N)c4c(c3c2)CO[C@@H]4C)[C@H](C)COC)nn1. The molecule has 4 rings (SSSR count). The highest BCUT2D eigenvalue weighted by Crippen LogP contribution is 2.38. The highest BCUT2D eigenvalue weighted by Gasteiger charge is 2.27. The zero-order valence-electron chi connectivity index (χ0n) is 19.4. The molecule has 2 aromatic heterocycles. The summed E-state index contributed by atoms with van der Waals surface area (Å²) in [7, 11) is 1.62. The van der Waals surface area contributed by atoms with Gasteiger partial charge in [0.15, 0.2) is 0 Å². The Morgan fingerprint density at radius 3 is 2.82 bits per heavy atom. The van der Waals surface area contributed by atoms with Gasteiger partial charge < -0.3 is 24.8 Å². The van der Waals surface area contributed by atoms with Crippen LogP contribution in [0.25, 0.3) is 10.9 Å². The van der Waals surface area contributed by atoms with Gasteiger partial charge in [0, 0.05) is 29.7 Å². The molecule has 3 heterocycles. The zero-order chi connectivity index (χ0) is 23.5. The summed E-state index contributed by atoms with van der Waals surface area (Å²) in [4.78, 5) is 19.9. The van der Waals surface area contributed by atoms with Gasteiger partial charge in [-0.3, -0.25) is 4.79 Å². The van der Waals surface area contributed by atoms with E-state index in [4.69, 9.17) is 19.9 Å². The van der Waals surface area contributed by atoms with Crippen molar-refractivity contribution in [1.82, 2.24) is 20.1 Å². The van der Waals surface area contributed by atoms with Crippen molar-refractivity contribution in [3.05, 3.63) is 52.7 Å². The number of hydrogen-bond donors (Lipinski definition) is 1. The Labute approximate surface area is 192 Å². The maximum Gasteiger partial charge on any atom is 0.254 e. The van der Waals surface area contributed by atoms with Gasteiger partial charge in [-0.1, -0.05) is 0 Å². The number of aromatic nitrogens is 3. The van der Waals surface area contributed by atoms with E-state index < -0.39 is 0 Å². The van der Waals surface area contributed by atoms with E-state index in [0.717, 1.165) is 22.0 Å². The van der Waals surface area contributed by atoms with Gasteiger partial charge in [0.1, 0.15) is 5.82 Å². The minimum absolute atomic E-state index is 0.118. The smallest absolute Gasteiger partial charge is 0.254 e. The largest absolute Gasteiger partial charge is 0.477 e. The van der Waals surface area contributed by atoms with Gasteiger partial charge in [-0.15, -0.1) is 5.10 Å². The molecule has 0 bridgehead atoms. The lowest BCUT2D eigenvalue weighted by Crippen LogP contribution is -2.40. The van der Waals surface area contributed by atoms with Gasteiger partial charge in [0.25, 0.3) is 5.91 Å². The third-order valence-corrected chi connectivity index (χ3v) is 5.82. The third kappa shape index (κ3) is 4.60. The summed E-state index contributed by atoms with van der Waals surface area (Å²) < 4.78 is 16.5. The number of benzene rings is 1. The second kappa shape index (κ2) is 9.68. The maximum atomic E-state index is 13.6. The molecule has 33 heavy (non-hydrogen) atoms. The van der Waals surface area contributed by atoms with Crippen molar-refractivity contribution in [1.29, 1.82) is 0 Å². The lowest BCUT2D eigenvalue weighted by atomic mass is 10.00. The number of amides is 1. The number of carbonyl (C=O) groups excluding carboxylic acids is 1. The molecule has 0 spiro atoms. The summed E-state index contributed by atoms with van der Waals surface area (Å²) in [6, 6.07) is 8.88. The molecule has 0 unspecified atom stereocenters. The number of rotatable bonds is 8. The van der Waals surface area contributed by atoms with E-state index in [9.17, 15) is 4.79 Å². The summed E-state index contributed by atoms with van der Waals surface area (Å²) in [5.74, 6) is 0.802. The average Bonchev–Trinajstić information content (AvgIpc) is 3.21. The van der Waals surface area contributed by atoms with Gasteiger partial charge in [-0.05, 0) is 50.6 Å². The maximum absolute atomic E-state index is 13.6. The normalized spacial score (nSPS) is 15.9. The molecular formula is C24H29N5O4. The van der Waals surface area contributed by atoms with E-state index in [1.165, 1.54) is 0 Å². The lowest BCUT2D eigenvalue weighted by molar-refractivity contribution is 0.0538. The van der Waals surface area contributed by atoms with E-state index in [-0.39, 0.29) is 18.1 Å². The highest BCUT2D eigenvalue weighted by atomic mass is 16.5. The Morgan fingerprint density at radius 1 is 1.30 bits per heavy atom. The number of ether oxygens (including phenoxy) is 3. The molecule has 0 saturated carbocycles. The Kier molecular flexibility index (Phi) is 6.71. The molecule has 3 aromatic rings. The number of nitrogens with zero attached hydrogens (tertiary/aromatic N) is 4.